The summed E-state index contributed by atoms with van der Waals surface area (Å²) in [6.07, 6.45) is 9.03. The number of fused-ring (bicyclic) bond motifs is 11. The van der Waals surface area contributed by atoms with Crippen molar-refractivity contribution in [3.05, 3.63) is 146 Å². The molecule has 0 fully saturated rings. The molecule has 0 N–H and O–H groups in total. The van der Waals surface area contributed by atoms with Gasteiger partial charge in [0.2, 0.25) is 0 Å². The number of hydrogen-bond donors (Lipinski definition) is 0. The van der Waals surface area contributed by atoms with E-state index < -0.39 is 0 Å². The summed E-state index contributed by atoms with van der Waals surface area (Å²) in [5, 5.41) is 7.03. The van der Waals surface area contributed by atoms with Crippen LogP contribution in [0.25, 0.3) is 88.1 Å². The molecule has 9 aromatic rings. The van der Waals surface area contributed by atoms with Gasteiger partial charge in [0, 0.05) is 32.9 Å². The first-order valence-electron chi connectivity index (χ1n) is 15.7. The summed E-state index contributed by atoms with van der Waals surface area (Å²) in [6.45, 7) is 0. The van der Waals surface area contributed by atoms with E-state index in [1.165, 1.54) is 49.5 Å². The van der Waals surface area contributed by atoms with Gasteiger partial charge in [-0.05, 0) is 78.6 Å². The van der Waals surface area contributed by atoms with Crippen molar-refractivity contribution in [2.24, 2.45) is 0 Å². The van der Waals surface area contributed by atoms with Crippen molar-refractivity contribution in [2.75, 3.05) is 0 Å². The van der Waals surface area contributed by atoms with Crippen LogP contribution < -0.4 is 0 Å². The van der Waals surface area contributed by atoms with Crippen LogP contribution in [0.15, 0.2) is 150 Å². The molecule has 212 valence electrons. The lowest BCUT2D eigenvalue weighted by Crippen LogP contribution is -1.96. The lowest BCUT2D eigenvalue weighted by molar-refractivity contribution is 0.677. The normalized spacial score (nSPS) is 13.6. The van der Waals surface area contributed by atoms with Gasteiger partial charge in [-0.1, -0.05) is 91.0 Å². The Bertz CT molecular complexity index is 2680. The van der Waals surface area contributed by atoms with Crippen molar-refractivity contribution in [3.63, 3.8) is 0 Å². The standard InChI is InChI=1S/C42H28N2O/c1-4-13-27(14-5-1)30-20-12-22-35-38(30)40-37(44(35)29-17-8-3-9-18-29)26-24-32-31-23-25-36-39(41(31)45-42(32)40)33-19-10-11-21-34(33)43(36)28-15-6-2-7-16-28/h1,3-6,8-26H,2,7H2. The van der Waals surface area contributed by atoms with Gasteiger partial charge in [0.15, 0.2) is 0 Å². The van der Waals surface area contributed by atoms with Crippen LogP contribution in [0.1, 0.15) is 12.8 Å². The van der Waals surface area contributed by atoms with Gasteiger partial charge in [-0.3, -0.25) is 0 Å². The van der Waals surface area contributed by atoms with Gasteiger partial charge in [0.25, 0.3) is 0 Å². The summed E-state index contributed by atoms with van der Waals surface area (Å²) in [5.41, 5.74) is 11.3. The monoisotopic (exact) mass is 576 g/mol. The van der Waals surface area contributed by atoms with Gasteiger partial charge < -0.3 is 13.6 Å². The molecule has 0 atom stereocenters. The Kier molecular flexibility index (Phi) is 5.11. The Morgan fingerprint density at radius 1 is 0.467 bits per heavy atom. The Balaban J connectivity index is 1.39. The highest BCUT2D eigenvalue weighted by molar-refractivity contribution is 6.30. The van der Waals surface area contributed by atoms with Crippen LogP contribution in [0.5, 0.6) is 0 Å². The number of allylic oxidation sites excluding steroid dienone is 4. The molecular weight excluding hydrogens is 548 g/mol. The van der Waals surface area contributed by atoms with Gasteiger partial charge >= 0.3 is 0 Å². The first-order valence-corrected chi connectivity index (χ1v) is 15.7. The van der Waals surface area contributed by atoms with Gasteiger partial charge in [-0.2, -0.15) is 0 Å². The van der Waals surface area contributed by atoms with Crippen LogP contribution in [0, 0.1) is 0 Å². The number of hydrogen-bond acceptors (Lipinski definition) is 1. The van der Waals surface area contributed by atoms with Crippen molar-refractivity contribution in [3.8, 4) is 16.8 Å². The van der Waals surface area contributed by atoms with Gasteiger partial charge in [0.05, 0.1) is 32.8 Å². The van der Waals surface area contributed by atoms with Crippen molar-refractivity contribution in [1.29, 1.82) is 0 Å². The molecule has 0 bridgehead atoms. The maximum absolute atomic E-state index is 7.17. The predicted octanol–water partition coefficient (Wildman–Crippen LogP) is 11.6. The highest BCUT2D eigenvalue weighted by Gasteiger charge is 2.24. The summed E-state index contributed by atoms with van der Waals surface area (Å²) in [5.74, 6) is 0. The largest absolute Gasteiger partial charge is 0.455 e. The van der Waals surface area contributed by atoms with Gasteiger partial charge in [-0.15, -0.1) is 0 Å². The average Bonchev–Trinajstić information content (AvgIpc) is 3.77. The molecule has 0 radical (unpaired) electrons. The van der Waals surface area contributed by atoms with E-state index in [2.05, 4.69) is 155 Å². The quantitative estimate of drug-likeness (QED) is 0.205. The number of aromatic nitrogens is 2. The number of furan rings is 1. The highest BCUT2D eigenvalue weighted by atomic mass is 16.3. The maximum Gasteiger partial charge on any atom is 0.145 e. The Morgan fingerprint density at radius 3 is 1.91 bits per heavy atom. The number of para-hydroxylation sites is 2. The molecule has 10 rings (SSSR count). The minimum Gasteiger partial charge on any atom is -0.455 e. The van der Waals surface area contributed by atoms with E-state index in [1.54, 1.807) is 0 Å². The molecule has 1 aliphatic carbocycles. The predicted molar refractivity (Wildman–Crippen MR) is 189 cm³/mol. The summed E-state index contributed by atoms with van der Waals surface area (Å²) in [7, 11) is 0. The fourth-order valence-electron chi connectivity index (χ4n) is 7.64. The van der Waals surface area contributed by atoms with Crippen LogP contribution in [0.4, 0.5) is 0 Å². The van der Waals surface area contributed by atoms with E-state index in [9.17, 15) is 0 Å². The second-order valence-electron chi connectivity index (χ2n) is 12.0. The molecule has 3 nitrogen and oxygen atoms in total. The molecule has 0 aliphatic heterocycles. The number of rotatable bonds is 3. The smallest absolute Gasteiger partial charge is 0.145 e. The number of benzene rings is 6. The molecule has 0 saturated carbocycles. The minimum atomic E-state index is 0.937. The van der Waals surface area contributed by atoms with Gasteiger partial charge in [0.1, 0.15) is 11.2 Å². The topological polar surface area (TPSA) is 23.0 Å². The molecule has 3 aromatic heterocycles. The van der Waals surface area contributed by atoms with Crippen molar-refractivity contribution in [1.82, 2.24) is 9.13 Å². The fourth-order valence-corrected chi connectivity index (χ4v) is 7.64. The summed E-state index contributed by atoms with van der Waals surface area (Å²) >= 11 is 0. The third-order valence-electron chi connectivity index (χ3n) is 9.53. The molecule has 0 saturated heterocycles. The zero-order valence-corrected chi connectivity index (χ0v) is 24.6. The third kappa shape index (κ3) is 3.41. The van der Waals surface area contributed by atoms with E-state index in [4.69, 9.17) is 4.42 Å². The van der Waals surface area contributed by atoms with Crippen LogP contribution in [0.3, 0.4) is 0 Å². The van der Waals surface area contributed by atoms with Crippen LogP contribution >= 0.6 is 0 Å². The Hall–Kier alpha value is -5.80. The zero-order chi connectivity index (χ0) is 29.5. The van der Waals surface area contributed by atoms with Crippen molar-refractivity contribution < 1.29 is 4.42 Å². The van der Waals surface area contributed by atoms with Crippen LogP contribution in [-0.2, 0) is 0 Å². The van der Waals surface area contributed by atoms with E-state index in [0.717, 1.165) is 51.4 Å². The molecule has 0 spiro atoms. The molecule has 0 unspecified atom stereocenters. The molecule has 6 aromatic carbocycles. The first kappa shape index (κ1) is 24.6. The first-order chi connectivity index (χ1) is 22.4. The third-order valence-corrected chi connectivity index (χ3v) is 9.53. The van der Waals surface area contributed by atoms with E-state index in [1.807, 2.05) is 0 Å². The van der Waals surface area contributed by atoms with E-state index in [0.29, 0.717) is 0 Å². The number of nitrogens with zero attached hydrogens (tertiary/aromatic N) is 2. The SMILES string of the molecule is C1=CC(n2c3ccccc3c3c4oc5c(ccc6c5c5c(-c7ccccc7)cccc5n6-c5ccccc5)c4ccc32)=CCC1. The summed E-state index contributed by atoms with van der Waals surface area (Å²) in [6, 6.07) is 45.8. The lowest BCUT2D eigenvalue weighted by Gasteiger charge is -2.11. The fraction of sp³-hybridized carbons (Fsp3) is 0.0476. The molecule has 45 heavy (non-hydrogen) atoms. The molecule has 0 amide bonds. The summed E-state index contributed by atoms with van der Waals surface area (Å²) < 4.78 is 12.0. The second kappa shape index (κ2) is 9.35. The van der Waals surface area contributed by atoms with Crippen molar-refractivity contribution in [2.45, 2.75) is 12.8 Å². The lowest BCUT2D eigenvalue weighted by atomic mass is 9.98. The molecule has 3 heterocycles. The van der Waals surface area contributed by atoms with E-state index >= 15 is 0 Å². The molecule has 1 aliphatic rings. The van der Waals surface area contributed by atoms with Crippen LogP contribution in [0.2, 0.25) is 0 Å². The second-order valence-corrected chi connectivity index (χ2v) is 12.0. The Morgan fingerprint density at radius 2 is 1.13 bits per heavy atom. The minimum absolute atomic E-state index is 0.937. The van der Waals surface area contributed by atoms with E-state index in [-0.39, 0.29) is 0 Å². The van der Waals surface area contributed by atoms with Crippen LogP contribution in [-0.4, -0.2) is 9.13 Å². The Labute approximate surface area is 259 Å². The zero-order valence-electron chi connectivity index (χ0n) is 24.6. The van der Waals surface area contributed by atoms with Gasteiger partial charge in [-0.25, -0.2) is 0 Å². The molecular formula is C42H28N2O. The highest BCUT2D eigenvalue weighted by Crippen LogP contribution is 2.46. The van der Waals surface area contributed by atoms with Crippen molar-refractivity contribution >= 4 is 71.2 Å². The summed E-state index contributed by atoms with van der Waals surface area (Å²) in [4.78, 5) is 0. The molecule has 3 heteroatoms. The maximum atomic E-state index is 7.17. The average molecular weight is 577 g/mol.